The molecule has 3 heterocycles. The normalized spacial score (nSPS) is 19.0. The summed E-state index contributed by atoms with van der Waals surface area (Å²) in [7, 11) is 1.86. The van der Waals surface area contributed by atoms with Crippen LogP contribution in [0.3, 0.4) is 0 Å². The fourth-order valence-electron chi connectivity index (χ4n) is 5.54. The van der Waals surface area contributed by atoms with Gasteiger partial charge in [0.1, 0.15) is 0 Å². The molecule has 2 aromatic heterocycles. The van der Waals surface area contributed by atoms with Gasteiger partial charge in [-0.25, -0.2) is 9.98 Å². The van der Waals surface area contributed by atoms with Crippen LogP contribution in [0.25, 0.3) is 11.0 Å². The van der Waals surface area contributed by atoms with Gasteiger partial charge in [-0.1, -0.05) is 15.9 Å². The Kier molecular flexibility index (Phi) is 7.72. The first kappa shape index (κ1) is 29.9. The summed E-state index contributed by atoms with van der Waals surface area (Å²) in [5, 5.41) is 8.48. The third kappa shape index (κ3) is 6.69. The number of aliphatic imine (C=N–C) groups is 1. The number of benzene rings is 1. The predicted molar refractivity (Wildman–Crippen MR) is 153 cm³/mol. The number of halogens is 7. The van der Waals surface area contributed by atoms with E-state index < -0.39 is 23.5 Å². The minimum Gasteiger partial charge on any atom is -0.333 e. The van der Waals surface area contributed by atoms with E-state index in [4.69, 9.17) is 9.98 Å². The third-order valence-corrected chi connectivity index (χ3v) is 8.43. The number of rotatable bonds is 8. The first-order valence-electron chi connectivity index (χ1n) is 14.0. The number of nitrogens with one attached hydrogen (secondary N) is 1. The van der Waals surface area contributed by atoms with Crippen LogP contribution in [0.4, 0.5) is 26.3 Å². The van der Waals surface area contributed by atoms with Crippen LogP contribution in [0.2, 0.25) is 0 Å². The summed E-state index contributed by atoms with van der Waals surface area (Å²) >= 11 is 3.39. The van der Waals surface area contributed by atoms with Crippen molar-refractivity contribution in [2.45, 2.75) is 76.7 Å². The van der Waals surface area contributed by atoms with Gasteiger partial charge in [0, 0.05) is 48.3 Å². The molecule has 230 valence electrons. The van der Waals surface area contributed by atoms with Gasteiger partial charge in [0.05, 0.1) is 35.6 Å². The Morgan fingerprint density at radius 3 is 2.21 bits per heavy atom. The summed E-state index contributed by atoms with van der Waals surface area (Å²) in [4.78, 5) is 13.9. The molecular formula is C29H30BrF6N7. The molecule has 0 radical (unpaired) electrons. The molecule has 1 aliphatic heterocycles. The summed E-state index contributed by atoms with van der Waals surface area (Å²) in [6.07, 6.45) is -3.48. The van der Waals surface area contributed by atoms with Crippen molar-refractivity contribution in [1.29, 1.82) is 0 Å². The van der Waals surface area contributed by atoms with E-state index in [0.29, 0.717) is 29.1 Å². The van der Waals surface area contributed by atoms with Crippen LogP contribution in [0.1, 0.15) is 59.3 Å². The third-order valence-electron chi connectivity index (χ3n) is 7.95. The lowest BCUT2D eigenvalue weighted by atomic mass is 10.0. The maximum Gasteiger partial charge on any atom is 0.416 e. The lowest BCUT2D eigenvalue weighted by Crippen LogP contribution is -2.43. The molecule has 14 heteroatoms. The average molecular weight is 671 g/mol. The zero-order valence-electron chi connectivity index (χ0n) is 23.5. The standard InChI is InChI=1S/C29H30BrF6N7/c1-16-24-9-18(25(39-26(24)41(2)40-16)15-43(22-3-4-22)23-5-6-23)11-37-27-38-12-21(30)14-42(27)13-17-7-19(28(31,32)33)10-20(8-17)29(34,35)36/h7-10,12,22-23H,3-6,11,13-15H2,1-2H3,(H,37,38). The van der Waals surface area contributed by atoms with Crippen LogP contribution in [-0.2, 0) is 39.0 Å². The molecule has 0 bridgehead atoms. The molecule has 1 N–H and O–H groups in total. The van der Waals surface area contributed by atoms with Crippen molar-refractivity contribution in [2.75, 3.05) is 6.54 Å². The molecule has 0 spiro atoms. The van der Waals surface area contributed by atoms with Gasteiger partial charge >= 0.3 is 12.4 Å². The van der Waals surface area contributed by atoms with E-state index in [1.54, 1.807) is 15.8 Å². The lowest BCUT2D eigenvalue weighted by Gasteiger charge is -2.30. The SMILES string of the molecule is Cc1nn(C)c2nc(CN(C3CC3)C3CC3)c(CN=C3NC=C(Br)CN3Cc3cc(C(F)(F)F)cc(C(F)(F)F)c3)cc12. The molecule has 2 saturated carbocycles. The molecule has 1 aromatic carbocycles. The van der Waals surface area contributed by atoms with Crippen LogP contribution in [0, 0.1) is 6.92 Å². The van der Waals surface area contributed by atoms with Crippen molar-refractivity contribution in [3.8, 4) is 0 Å². The molecule has 6 rings (SSSR count). The second kappa shape index (κ2) is 11.1. The monoisotopic (exact) mass is 669 g/mol. The van der Waals surface area contributed by atoms with Crippen molar-refractivity contribution in [3.05, 3.63) is 68.6 Å². The minimum atomic E-state index is -4.92. The Labute approximate surface area is 252 Å². The summed E-state index contributed by atoms with van der Waals surface area (Å²) in [5.74, 6) is 0.337. The largest absolute Gasteiger partial charge is 0.416 e. The van der Waals surface area contributed by atoms with Crippen LogP contribution in [-0.4, -0.2) is 49.2 Å². The first-order chi connectivity index (χ1) is 20.3. The second-order valence-corrected chi connectivity index (χ2v) is 12.5. The van der Waals surface area contributed by atoms with E-state index in [0.717, 1.165) is 40.1 Å². The molecule has 43 heavy (non-hydrogen) atoms. The van der Waals surface area contributed by atoms with Gasteiger partial charge in [-0.3, -0.25) is 9.58 Å². The molecule has 2 fully saturated rings. The fourth-order valence-corrected chi connectivity index (χ4v) is 5.96. The smallest absolute Gasteiger partial charge is 0.333 e. The Hall–Kier alpha value is -3.13. The van der Waals surface area contributed by atoms with E-state index in [1.165, 1.54) is 25.7 Å². The summed E-state index contributed by atoms with van der Waals surface area (Å²) in [5.41, 5.74) is 0.592. The summed E-state index contributed by atoms with van der Waals surface area (Å²) < 4.78 is 83.4. The highest BCUT2D eigenvalue weighted by atomic mass is 79.9. The number of hydrogen-bond donors (Lipinski definition) is 1. The molecule has 3 aromatic rings. The Bertz CT molecular complexity index is 1560. The van der Waals surface area contributed by atoms with Gasteiger partial charge in [0.2, 0.25) is 0 Å². The second-order valence-electron chi connectivity index (χ2n) is 11.5. The highest BCUT2D eigenvalue weighted by Gasteiger charge is 2.40. The number of pyridine rings is 1. The van der Waals surface area contributed by atoms with Crippen molar-refractivity contribution in [2.24, 2.45) is 12.0 Å². The number of aromatic nitrogens is 3. The molecule has 0 atom stereocenters. The fraction of sp³-hybridized carbons (Fsp3) is 0.483. The number of guanidine groups is 1. The molecule has 0 amide bonds. The van der Waals surface area contributed by atoms with Gasteiger partial charge < -0.3 is 10.2 Å². The van der Waals surface area contributed by atoms with Gasteiger partial charge in [-0.15, -0.1) is 0 Å². The minimum absolute atomic E-state index is 0.127. The number of fused-ring (bicyclic) bond motifs is 1. The van der Waals surface area contributed by atoms with Crippen molar-refractivity contribution < 1.29 is 26.3 Å². The van der Waals surface area contributed by atoms with Crippen LogP contribution < -0.4 is 5.32 Å². The highest BCUT2D eigenvalue weighted by molar-refractivity contribution is 9.11. The molecule has 3 aliphatic rings. The zero-order chi connectivity index (χ0) is 30.7. The van der Waals surface area contributed by atoms with Crippen molar-refractivity contribution in [1.82, 2.24) is 29.9 Å². The zero-order valence-corrected chi connectivity index (χ0v) is 25.1. The van der Waals surface area contributed by atoms with E-state index in [2.05, 4.69) is 31.2 Å². The topological polar surface area (TPSA) is 61.6 Å². The maximum atomic E-state index is 13.5. The van der Waals surface area contributed by atoms with Gasteiger partial charge in [0.15, 0.2) is 11.6 Å². The van der Waals surface area contributed by atoms with E-state index >= 15 is 0 Å². The van der Waals surface area contributed by atoms with Crippen LogP contribution in [0.15, 0.2) is 39.9 Å². The van der Waals surface area contributed by atoms with Crippen LogP contribution >= 0.6 is 15.9 Å². The average Bonchev–Trinajstić information content (AvgIpc) is 3.85. The molecule has 7 nitrogen and oxygen atoms in total. The van der Waals surface area contributed by atoms with Crippen molar-refractivity contribution >= 4 is 32.9 Å². The van der Waals surface area contributed by atoms with Crippen molar-refractivity contribution in [3.63, 3.8) is 0 Å². The van der Waals surface area contributed by atoms with E-state index in [-0.39, 0.29) is 31.3 Å². The number of aryl methyl sites for hydroxylation is 2. The summed E-state index contributed by atoms with van der Waals surface area (Å²) in [6, 6.07) is 4.81. The van der Waals surface area contributed by atoms with Gasteiger partial charge in [0.25, 0.3) is 0 Å². The first-order valence-corrected chi connectivity index (χ1v) is 14.8. The highest BCUT2D eigenvalue weighted by Crippen LogP contribution is 2.39. The number of hydrogen-bond acceptors (Lipinski definition) is 4. The van der Waals surface area contributed by atoms with E-state index in [1.807, 2.05) is 20.0 Å². The summed E-state index contributed by atoms with van der Waals surface area (Å²) in [6.45, 7) is 2.81. The van der Waals surface area contributed by atoms with Gasteiger partial charge in [-0.2, -0.15) is 31.4 Å². The molecule has 0 unspecified atom stereocenters. The Balaban J connectivity index is 1.32. The molecule has 0 saturated heterocycles. The Morgan fingerprint density at radius 2 is 1.63 bits per heavy atom. The lowest BCUT2D eigenvalue weighted by molar-refractivity contribution is -0.143. The number of nitrogens with zero attached hydrogens (tertiary/aromatic N) is 6. The Morgan fingerprint density at radius 1 is 1.00 bits per heavy atom. The number of alkyl halides is 6. The molecular weight excluding hydrogens is 640 g/mol. The van der Waals surface area contributed by atoms with Crippen LogP contribution in [0.5, 0.6) is 0 Å². The van der Waals surface area contributed by atoms with E-state index in [9.17, 15) is 26.3 Å². The maximum absolute atomic E-state index is 13.5. The molecule has 2 aliphatic carbocycles. The predicted octanol–water partition coefficient (Wildman–Crippen LogP) is 6.64. The van der Waals surface area contributed by atoms with Gasteiger partial charge in [-0.05, 0) is 68.0 Å². The quantitative estimate of drug-likeness (QED) is 0.273.